The minimum absolute atomic E-state index is 0.104. The number of carbonyl (C=O) groups excluding carboxylic acids is 3. The average molecular weight is 663 g/mol. The van der Waals surface area contributed by atoms with Crippen LogP contribution in [0.2, 0.25) is 0 Å². The fourth-order valence-electron chi connectivity index (χ4n) is 6.41. The molecule has 0 radical (unpaired) electrons. The number of phenols is 1. The third-order valence-corrected chi connectivity index (χ3v) is 8.70. The summed E-state index contributed by atoms with van der Waals surface area (Å²) in [5.41, 5.74) is 1.02. The predicted molar refractivity (Wildman–Crippen MR) is 155 cm³/mol. The summed E-state index contributed by atoms with van der Waals surface area (Å²) in [4.78, 5) is 50.4. The molecule has 2 aromatic rings. The van der Waals surface area contributed by atoms with Crippen LogP contribution in [-0.4, -0.2) is 104 Å². The molecule has 0 fully saturated rings. The Labute approximate surface area is 261 Å². The Kier molecular flexibility index (Phi) is 8.77. The lowest BCUT2D eigenvalue weighted by Gasteiger charge is -2.53. The average Bonchev–Trinajstić information content (AvgIpc) is 2.94. The molecule has 0 aromatic heterocycles. The molecule has 0 bridgehead atoms. The van der Waals surface area contributed by atoms with Crippen LogP contribution in [0.15, 0.2) is 65.1 Å². The Morgan fingerprint density at radius 3 is 2.17 bits per heavy atom. The topological polar surface area (TPSA) is 283 Å². The lowest BCUT2D eigenvalue weighted by molar-refractivity contribution is -0.162. The van der Waals surface area contributed by atoms with Gasteiger partial charge in [0.05, 0.1) is 23.6 Å². The molecule has 0 spiro atoms. The number of aliphatic hydroxyl groups is 4. The summed E-state index contributed by atoms with van der Waals surface area (Å²) < 4.78 is 33.0. The summed E-state index contributed by atoms with van der Waals surface area (Å²) in [6.07, 6.45) is -1.59. The van der Waals surface area contributed by atoms with Crippen LogP contribution >= 0.6 is 0 Å². The van der Waals surface area contributed by atoms with E-state index in [1.807, 2.05) is 0 Å². The maximum Gasteiger partial charge on any atom is 0.446 e. The number of fused-ring (bicyclic) bond motifs is 3. The van der Waals surface area contributed by atoms with Crippen LogP contribution < -0.4 is 9.92 Å². The van der Waals surface area contributed by atoms with Gasteiger partial charge in [-0.05, 0) is 43.8 Å². The molecule has 0 aliphatic heterocycles. The van der Waals surface area contributed by atoms with Crippen molar-refractivity contribution in [2.45, 2.75) is 30.6 Å². The number of Topliss-reactive ketones (excluding diaryl/α,β-unsaturated/α-hetero) is 2. The third kappa shape index (κ3) is 5.37. The molecule has 0 unspecified atom stereocenters. The maximum absolute atomic E-state index is 13.3. The highest BCUT2D eigenvalue weighted by atomic mass is 32.3. The molecule has 46 heavy (non-hydrogen) atoms. The SMILES string of the molecule is C[C@H]1c2cccc(O)c2C(=O)C2=C(O)[C@]3(O)C(=O)C(C(N)=O)=C(O)[C@@H](N(C)C)[C@H]3[C@@H](O)[C@@H]21.O=C(O)c1ccccc1OS(=O)(=O)O. The largest absolute Gasteiger partial charge is 0.510 e. The van der Waals surface area contributed by atoms with E-state index in [2.05, 4.69) is 4.18 Å². The van der Waals surface area contributed by atoms with Gasteiger partial charge >= 0.3 is 16.4 Å². The Balaban J connectivity index is 0.000000288. The number of ketones is 2. The Morgan fingerprint density at radius 2 is 1.63 bits per heavy atom. The number of aromatic hydroxyl groups is 1. The van der Waals surface area contributed by atoms with Crippen LogP contribution in [0.4, 0.5) is 0 Å². The highest BCUT2D eigenvalue weighted by Crippen LogP contribution is 2.55. The zero-order chi connectivity index (χ0) is 34.6. The van der Waals surface area contributed by atoms with Crippen molar-refractivity contribution in [2.24, 2.45) is 17.6 Å². The number of aliphatic hydroxyl groups excluding tert-OH is 3. The molecule has 246 valence electrons. The first-order valence-corrected chi connectivity index (χ1v) is 14.8. The maximum atomic E-state index is 13.3. The minimum atomic E-state index is -4.70. The number of hydrogen-bond acceptors (Lipinski definition) is 13. The zero-order valence-corrected chi connectivity index (χ0v) is 25.2. The van der Waals surface area contributed by atoms with E-state index in [0.29, 0.717) is 5.56 Å². The van der Waals surface area contributed by atoms with Crippen molar-refractivity contribution in [1.29, 1.82) is 0 Å². The van der Waals surface area contributed by atoms with E-state index in [0.717, 1.165) is 12.1 Å². The molecule has 1 amide bonds. The Bertz CT molecular complexity index is 1830. The lowest BCUT2D eigenvalue weighted by atomic mass is 9.55. The number of nitrogens with two attached hydrogens (primary N) is 1. The van der Waals surface area contributed by atoms with Gasteiger partial charge in [-0.25, -0.2) is 4.79 Å². The summed E-state index contributed by atoms with van der Waals surface area (Å²) in [7, 11) is -1.72. The fourth-order valence-corrected chi connectivity index (χ4v) is 6.78. The van der Waals surface area contributed by atoms with E-state index in [4.69, 9.17) is 15.4 Å². The molecule has 17 heteroatoms. The molecule has 9 N–H and O–H groups in total. The van der Waals surface area contributed by atoms with Crippen molar-refractivity contribution in [3.63, 3.8) is 0 Å². The van der Waals surface area contributed by atoms with Crippen LogP contribution in [0.1, 0.15) is 39.1 Å². The second kappa shape index (κ2) is 11.8. The predicted octanol–water partition coefficient (Wildman–Crippen LogP) is 0.219. The highest BCUT2D eigenvalue weighted by molar-refractivity contribution is 7.81. The van der Waals surface area contributed by atoms with Gasteiger partial charge in [-0.15, -0.1) is 0 Å². The number of amides is 1. The van der Waals surface area contributed by atoms with Crippen molar-refractivity contribution in [3.05, 3.63) is 81.8 Å². The van der Waals surface area contributed by atoms with Gasteiger partial charge in [-0.2, -0.15) is 8.42 Å². The molecule has 3 aliphatic rings. The van der Waals surface area contributed by atoms with Crippen LogP contribution in [0.3, 0.4) is 0 Å². The number of phenolic OH excluding ortho intramolecular Hbond substituents is 1. The summed E-state index contributed by atoms with van der Waals surface area (Å²) in [6.45, 7) is 1.68. The van der Waals surface area contributed by atoms with Gasteiger partial charge in [-0.1, -0.05) is 31.2 Å². The second-order valence-corrected chi connectivity index (χ2v) is 12.1. The molecule has 0 saturated heterocycles. The zero-order valence-electron chi connectivity index (χ0n) is 24.3. The second-order valence-electron chi connectivity index (χ2n) is 11.1. The Hall–Kier alpha value is -4.81. The van der Waals surface area contributed by atoms with E-state index in [1.165, 1.54) is 37.2 Å². The number of carboxylic acids is 1. The number of primary amides is 1. The van der Waals surface area contributed by atoms with Crippen molar-refractivity contribution < 1.29 is 67.0 Å². The first-order valence-electron chi connectivity index (χ1n) is 13.4. The number of likely N-dealkylation sites (N-methyl/N-ethyl adjacent to an activating group) is 1. The van der Waals surface area contributed by atoms with Crippen molar-refractivity contribution in [3.8, 4) is 11.5 Å². The molecule has 3 aliphatic carbocycles. The van der Waals surface area contributed by atoms with Crippen LogP contribution in [-0.2, 0) is 20.0 Å². The van der Waals surface area contributed by atoms with E-state index in [-0.39, 0.29) is 16.9 Å². The molecule has 0 heterocycles. The number of nitrogens with zero attached hydrogens (tertiary/aromatic N) is 1. The lowest BCUT2D eigenvalue weighted by Crippen LogP contribution is -2.68. The van der Waals surface area contributed by atoms with E-state index in [9.17, 15) is 53.1 Å². The summed E-state index contributed by atoms with van der Waals surface area (Å²) >= 11 is 0. The van der Waals surface area contributed by atoms with Crippen molar-refractivity contribution in [1.82, 2.24) is 4.90 Å². The number of para-hydroxylation sites is 1. The Morgan fingerprint density at radius 1 is 1.02 bits per heavy atom. The van der Waals surface area contributed by atoms with Gasteiger partial charge in [-0.3, -0.25) is 23.8 Å². The smallest absolute Gasteiger partial charge is 0.446 e. The van der Waals surface area contributed by atoms with Crippen LogP contribution in [0.25, 0.3) is 0 Å². The minimum Gasteiger partial charge on any atom is -0.510 e. The highest BCUT2D eigenvalue weighted by Gasteiger charge is 2.67. The summed E-state index contributed by atoms with van der Waals surface area (Å²) in [5.74, 6) is -10.6. The van der Waals surface area contributed by atoms with Gasteiger partial charge in [0.15, 0.2) is 17.1 Å². The van der Waals surface area contributed by atoms with E-state index < -0.39 is 97.8 Å². The number of benzene rings is 2. The molecule has 0 saturated carbocycles. The fraction of sp³-hybridized carbons (Fsp3) is 0.310. The van der Waals surface area contributed by atoms with E-state index in [1.54, 1.807) is 19.1 Å². The third-order valence-electron chi connectivity index (χ3n) is 8.31. The normalized spacial score (nSPS) is 27.2. The molecular weight excluding hydrogens is 632 g/mol. The molecular formula is C29H30N2O14S. The first-order chi connectivity index (χ1) is 21.3. The van der Waals surface area contributed by atoms with Gasteiger partial charge in [0.1, 0.15) is 28.4 Å². The monoisotopic (exact) mass is 662 g/mol. The number of hydrogen-bond donors (Lipinski definition) is 8. The van der Waals surface area contributed by atoms with Crippen LogP contribution in [0.5, 0.6) is 11.5 Å². The van der Waals surface area contributed by atoms with Crippen molar-refractivity contribution >= 4 is 33.8 Å². The molecule has 16 nitrogen and oxygen atoms in total. The number of carbonyl (C=O) groups is 4. The standard InChI is InChI=1S/C22H24N2O8.C7H6O6S/c1-7-8-5-4-6-9(25)11(8)16(26)12-10(7)17(27)14-15(24(2)3)18(28)13(21(23)31)20(30)22(14,32)19(12)29;8-7(9)5-3-1-2-4-6(5)13-14(10,11)12/h4-7,10,14-15,17,25,27-29,32H,1-3H3,(H2,23,31);1-4H,(H,8,9)(H,10,11,12)/t7-,10+,14-,15-,17-,22-;/m0./s1. The number of rotatable bonds is 5. The number of carboxylic acid groups (broad SMARTS) is 1. The van der Waals surface area contributed by atoms with Gasteiger partial charge < -0.3 is 40.6 Å². The van der Waals surface area contributed by atoms with Gasteiger partial charge in [0.2, 0.25) is 5.78 Å². The quantitative estimate of drug-likeness (QED) is 0.157. The van der Waals surface area contributed by atoms with Gasteiger partial charge in [0, 0.05) is 11.5 Å². The van der Waals surface area contributed by atoms with E-state index >= 15 is 0 Å². The summed E-state index contributed by atoms with van der Waals surface area (Å²) in [5, 5.41) is 63.6. The summed E-state index contributed by atoms with van der Waals surface area (Å²) in [6, 6.07) is 8.23. The van der Waals surface area contributed by atoms with Gasteiger partial charge in [0.25, 0.3) is 5.91 Å². The number of aromatic carboxylic acids is 1. The van der Waals surface area contributed by atoms with Crippen molar-refractivity contribution in [2.75, 3.05) is 14.1 Å². The molecule has 5 rings (SSSR count). The molecule has 6 atom stereocenters. The van der Waals surface area contributed by atoms with Crippen LogP contribution in [0, 0.1) is 11.8 Å². The first kappa shape index (κ1) is 34.1. The molecule has 2 aromatic carbocycles.